The molecule has 4 N–H and O–H groups in total. The fraction of sp³-hybridized carbons (Fsp3) is 0.375. The maximum atomic E-state index is 12.6. The van der Waals surface area contributed by atoms with Gasteiger partial charge in [0, 0.05) is 55.5 Å². The number of carbonyl (C=O) groups is 2. The van der Waals surface area contributed by atoms with E-state index >= 15 is 0 Å². The van der Waals surface area contributed by atoms with Crippen molar-refractivity contribution >= 4 is 29.0 Å². The first-order valence-electron chi connectivity index (χ1n) is 15.0. The lowest BCUT2D eigenvalue weighted by Gasteiger charge is -2.46. The van der Waals surface area contributed by atoms with E-state index in [2.05, 4.69) is 43.0 Å². The molecular formula is C32H37N9O4. The molecule has 1 unspecified atom stereocenters. The Hall–Kier alpha value is -4.88. The molecule has 6 rings (SSSR count). The van der Waals surface area contributed by atoms with Gasteiger partial charge < -0.3 is 25.8 Å². The summed E-state index contributed by atoms with van der Waals surface area (Å²) in [7, 11) is 3.11. The average molecular weight is 612 g/mol. The first-order valence-corrected chi connectivity index (χ1v) is 15.0. The van der Waals surface area contributed by atoms with E-state index in [-0.39, 0.29) is 35.4 Å². The van der Waals surface area contributed by atoms with Crippen LogP contribution in [-0.2, 0) is 11.3 Å². The summed E-state index contributed by atoms with van der Waals surface area (Å²) in [6, 6.07) is 13.5. The molecule has 1 saturated heterocycles. The number of hydrogen-bond donors (Lipinski definition) is 4. The Morgan fingerprint density at radius 1 is 1.13 bits per heavy atom. The zero-order valence-electron chi connectivity index (χ0n) is 25.7. The Kier molecular flexibility index (Phi) is 8.46. The number of hydrogen-bond acceptors (Lipinski definition) is 10. The summed E-state index contributed by atoms with van der Waals surface area (Å²) in [6.45, 7) is 5.41. The number of benzene rings is 1. The fourth-order valence-electron chi connectivity index (χ4n) is 5.50. The van der Waals surface area contributed by atoms with Gasteiger partial charge in [0.1, 0.15) is 5.75 Å². The molecule has 1 saturated carbocycles. The van der Waals surface area contributed by atoms with E-state index in [1.54, 1.807) is 20.1 Å². The maximum Gasteiger partial charge on any atom is 0.273 e. The third-order valence-corrected chi connectivity index (χ3v) is 8.35. The molecule has 234 valence electrons. The van der Waals surface area contributed by atoms with Crippen LogP contribution in [0.1, 0.15) is 60.7 Å². The number of para-hydroxylation sites is 1. The van der Waals surface area contributed by atoms with Crippen molar-refractivity contribution in [1.82, 2.24) is 35.2 Å². The quantitative estimate of drug-likeness (QED) is 0.197. The highest BCUT2D eigenvalue weighted by Crippen LogP contribution is 2.40. The molecule has 13 nitrogen and oxygen atoms in total. The Labute approximate surface area is 261 Å². The molecule has 1 aromatic carbocycles. The van der Waals surface area contributed by atoms with Crippen molar-refractivity contribution in [2.24, 2.45) is 5.92 Å². The summed E-state index contributed by atoms with van der Waals surface area (Å²) < 4.78 is 7.85. The van der Waals surface area contributed by atoms with Gasteiger partial charge in [-0.25, -0.2) is 0 Å². The van der Waals surface area contributed by atoms with Crippen LogP contribution < -0.4 is 20.7 Å². The van der Waals surface area contributed by atoms with E-state index in [0.29, 0.717) is 29.4 Å². The van der Waals surface area contributed by atoms with Crippen molar-refractivity contribution in [3.8, 4) is 16.9 Å². The van der Waals surface area contributed by atoms with E-state index in [1.165, 1.54) is 7.05 Å². The Morgan fingerprint density at radius 3 is 2.64 bits per heavy atom. The van der Waals surface area contributed by atoms with Gasteiger partial charge >= 0.3 is 0 Å². The SMILES string of the molecule is CNC(=O)c1nnc(NC(=O)C2CC2)cc1Nc1cccc(-c2cnn([C@@H]3CN(Cc4cccc(C(C)O)n4)[C@H]3C)c2)c1OC. The number of methoxy groups -OCH3 is 1. The molecule has 3 atom stereocenters. The van der Waals surface area contributed by atoms with E-state index in [4.69, 9.17) is 9.84 Å². The van der Waals surface area contributed by atoms with Gasteiger partial charge in [-0.05, 0) is 44.9 Å². The molecule has 1 aliphatic heterocycles. The van der Waals surface area contributed by atoms with Crippen LogP contribution in [0, 0.1) is 5.92 Å². The van der Waals surface area contributed by atoms with Crippen molar-refractivity contribution < 1.29 is 19.4 Å². The second-order valence-electron chi connectivity index (χ2n) is 11.5. The first kappa shape index (κ1) is 30.2. The number of aliphatic hydroxyl groups excluding tert-OH is 1. The van der Waals surface area contributed by atoms with Gasteiger partial charge in [-0.15, -0.1) is 10.2 Å². The topological polar surface area (TPSA) is 159 Å². The summed E-state index contributed by atoms with van der Waals surface area (Å²) in [4.78, 5) is 31.9. The predicted molar refractivity (Wildman–Crippen MR) is 168 cm³/mol. The maximum absolute atomic E-state index is 12.6. The lowest BCUT2D eigenvalue weighted by Crippen LogP contribution is -2.54. The van der Waals surface area contributed by atoms with Crippen LogP contribution in [0.2, 0.25) is 0 Å². The first-order chi connectivity index (χ1) is 21.7. The third-order valence-electron chi connectivity index (χ3n) is 8.35. The fourth-order valence-corrected chi connectivity index (χ4v) is 5.50. The minimum absolute atomic E-state index is 0.00427. The van der Waals surface area contributed by atoms with Gasteiger partial charge in [0.2, 0.25) is 5.91 Å². The van der Waals surface area contributed by atoms with Gasteiger partial charge in [-0.3, -0.25) is 24.2 Å². The molecule has 45 heavy (non-hydrogen) atoms. The van der Waals surface area contributed by atoms with Gasteiger partial charge in [0.25, 0.3) is 5.91 Å². The van der Waals surface area contributed by atoms with Crippen molar-refractivity contribution in [3.05, 3.63) is 71.9 Å². The van der Waals surface area contributed by atoms with Crippen LogP contribution in [0.25, 0.3) is 11.1 Å². The standard InChI is InChI=1S/C32H37N9O4/c1-18-27(17-40(18)16-22-7-5-9-24(35-22)19(2)42)41-15-21(14-34-41)23-8-6-10-25(30(23)45-4)36-26-13-28(37-31(43)20-11-12-20)38-39-29(26)32(44)33-3/h5-10,13-15,18-20,27,42H,11-12,16-17H2,1-4H3,(H,33,44)(H2,36,37,38,43)/t18-,19?,27+/m0/s1. The van der Waals surface area contributed by atoms with Crippen molar-refractivity contribution in [2.75, 3.05) is 31.3 Å². The van der Waals surface area contributed by atoms with Crippen LogP contribution in [0.3, 0.4) is 0 Å². The molecule has 0 radical (unpaired) electrons. The van der Waals surface area contributed by atoms with Gasteiger partial charge in [-0.2, -0.15) is 5.10 Å². The summed E-state index contributed by atoms with van der Waals surface area (Å²) in [5.41, 5.74) is 4.36. The van der Waals surface area contributed by atoms with E-state index in [1.807, 2.05) is 53.5 Å². The number of aliphatic hydroxyl groups is 1. The largest absolute Gasteiger partial charge is 0.494 e. The molecule has 3 aromatic heterocycles. The smallest absolute Gasteiger partial charge is 0.273 e. The number of likely N-dealkylation sites (tertiary alicyclic amines) is 1. The molecule has 2 fully saturated rings. The molecule has 1 aliphatic carbocycles. The monoisotopic (exact) mass is 611 g/mol. The molecule has 4 heterocycles. The number of aromatic nitrogens is 5. The van der Waals surface area contributed by atoms with Crippen LogP contribution in [0.15, 0.2) is 54.9 Å². The molecule has 2 amide bonds. The zero-order chi connectivity index (χ0) is 31.7. The minimum Gasteiger partial charge on any atom is -0.494 e. The minimum atomic E-state index is -0.601. The molecule has 0 spiro atoms. The third kappa shape index (κ3) is 6.35. The molecular weight excluding hydrogens is 574 g/mol. The van der Waals surface area contributed by atoms with Crippen LogP contribution in [0.4, 0.5) is 17.2 Å². The van der Waals surface area contributed by atoms with Crippen molar-refractivity contribution in [3.63, 3.8) is 0 Å². The lowest BCUT2D eigenvalue weighted by molar-refractivity contribution is -0.117. The van der Waals surface area contributed by atoms with E-state index in [0.717, 1.165) is 36.2 Å². The summed E-state index contributed by atoms with van der Waals surface area (Å²) in [6.07, 6.45) is 4.95. The lowest BCUT2D eigenvalue weighted by atomic mass is 9.97. The number of nitrogens with zero attached hydrogens (tertiary/aromatic N) is 6. The molecule has 0 bridgehead atoms. The zero-order valence-corrected chi connectivity index (χ0v) is 25.7. The van der Waals surface area contributed by atoms with Gasteiger partial charge in [0.05, 0.1) is 48.2 Å². The molecule has 2 aliphatic rings. The van der Waals surface area contributed by atoms with Gasteiger partial charge in [-0.1, -0.05) is 18.2 Å². The summed E-state index contributed by atoms with van der Waals surface area (Å²) >= 11 is 0. The Balaban J connectivity index is 1.20. The van der Waals surface area contributed by atoms with E-state index < -0.39 is 12.0 Å². The molecule has 4 aromatic rings. The highest BCUT2D eigenvalue weighted by atomic mass is 16.5. The second kappa shape index (κ2) is 12.6. The van der Waals surface area contributed by atoms with Gasteiger partial charge in [0.15, 0.2) is 11.5 Å². The van der Waals surface area contributed by atoms with Crippen molar-refractivity contribution in [2.45, 2.75) is 51.4 Å². The van der Waals surface area contributed by atoms with Crippen LogP contribution in [0.5, 0.6) is 5.75 Å². The highest BCUT2D eigenvalue weighted by Gasteiger charge is 2.37. The van der Waals surface area contributed by atoms with Crippen LogP contribution in [-0.4, -0.2) is 73.5 Å². The number of rotatable bonds is 11. The summed E-state index contributed by atoms with van der Waals surface area (Å²) in [5, 5.41) is 31.4. The molecule has 13 heteroatoms. The number of pyridine rings is 1. The van der Waals surface area contributed by atoms with Crippen LogP contribution >= 0.6 is 0 Å². The normalized spacial score (nSPS) is 18.5. The number of ether oxygens (including phenoxy) is 1. The number of nitrogens with one attached hydrogen (secondary N) is 3. The predicted octanol–water partition coefficient (Wildman–Crippen LogP) is 3.69. The average Bonchev–Trinajstić information content (AvgIpc) is 3.80. The second-order valence-corrected chi connectivity index (χ2v) is 11.5. The van der Waals surface area contributed by atoms with Crippen molar-refractivity contribution in [1.29, 1.82) is 0 Å². The Bertz CT molecular complexity index is 1720. The highest BCUT2D eigenvalue weighted by molar-refractivity contribution is 6.00. The number of amides is 2. The Morgan fingerprint density at radius 2 is 1.93 bits per heavy atom. The number of carbonyl (C=O) groups excluding carboxylic acids is 2. The summed E-state index contributed by atoms with van der Waals surface area (Å²) in [5.74, 6) is 0.291. The number of anilines is 3. The van der Waals surface area contributed by atoms with E-state index in [9.17, 15) is 14.7 Å².